The first-order valence-electron chi connectivity index (χ1n) is 6.25. The molecule has 0 saturated heterocycles. The summed E-state index contributed by atoms with van der Waals surface area (Å²) < 4.78 is 0.882. The zero-order chi connectivity index (χ0) is 15.2. The average Bonchev–Trinajstić information content (AvgIpc) is 2.47. The minimum Gasteiger partial charge on any atom is -0.341 e. The van der Waals surface area contributed by atoms with Crippen molar-refractivity contribution in [1.82, 2.24) is 5.32 Å². The molecule has 0 bridgehead atoms. The predicted octanol–water partition coefficient (Wildman–Crippen LogP) is 3.29. The van der Waals surface area contributed by atoms with E-state index in [1.54, 1.807) is 30.3 Å². The summed E-state index contributed by atoms with van der Waals surface area (Å²) >= 11 is 2.12. The number of hydrogen-bond donors (Lipinski definition) is 3. The molecule has 3 amide bonds. The number of halogens is 1. The van der Waals surface area contributed by atoms with Gasteiger partial charge in [-0.05, 0) is 52.9 Å². The van der Waals surface area contributed by atoms with E-state index in [-0.39, 0.29) is 11.9 Å². The van der Waals surface area contributed by atoms with Crippen LogP contribution in [0.4, 0.5) is 16.2 Å². The van der Waals surface area contributed by atoms with Crippen molar-refractivity contribution in [2.75, 3.05) is 17.7 Å². The van der Waals surface area contributed by atoms with Crippen LogP contribution in [0.2, 0.25) is 0 Å². The average molecular weight is 395 g/mol. The second-order valence-corrected chi connectivity index (χ2v) is 5.38. The number of carbonyl (C=O) groups is 2. The van der Waals surface area contributed by atoms with Crippen LogP contribution < -0.4 is 16.0 Å². The van der Waals surface area contributed by atoms with Crippen molar-refractivity contribution in [3.8, 4) is 0 Å². The van der Waals surface area contributed by atoms with Crippen molar-refractivity contribution in [3.05, 3.63) is 57.7 Å². The molecule has 0 spiro atoms. The minimum absolute atomic E-state index is 0.183. The Morgan fingerprint density at radius 3 is 2.29 bits per heavy atom. The highest BCUT2D eigenvalue weighted by atomic mass is 127. The maximum absolute atomic E-state index is 12.2. The highest BCUT2D eigenvalue weighted by molar-refractivity contribution is 14.1. The lowest BCUT2D eigenvalue weighted by Crippen LogP contribution is -2.24. The number of carbonyl (C=O) groups excluding carboxylic acids is 2. The number of benzene rings is 2. The third kappa shape index (κ3) is 4.19. The van der Waals surface area contributed by atoms with E-state index < -0.39 is 0 Å². The van der Waals surface area contributed by atoms with Gasteiger partial charge in [0.25, 0.3) is 5.91 Å². The SMILES string of the molecule is CNC(=O)Nc1cccc(NC(=O)c2ccccc2I)c1. The molecular weight excluding hydrogens is 381 g/mol. The van der Waals surface area contributed by atoms with Gasteiger partial charge in [-0.15, -0.1) is 0 Å². The van der Waals surface area contributed by atoms with Gasteiger partial charge in [0.15, 0.2) is 0 Å². The Hall–Kier alpha value is -2.09. The summed E-state index contributed by atoms with van der Waals surface area (Å²) in [4.78, 5) is 23.5. The molecule has 5 nitrogen and oxygen atoms in total. The molecule has 2 aromatic rings. The van der Waals surface area contributed by atoms with Crippen LogP contribution in [0.3, 0.4) is 0 Å². The minimum atomic E-state index is -0.309. The molecule has 0 aliphatic rings. The lowest BCUT2D eigenvalue weighted by Gasteiger charge is -2.09. The predicted molar refractivity (Wildman–Crippen MR) is 91.6 cm³/mol. The Morgan fingerprint density at radius 1 is 0.952 bits per heavy atom. The van der Waals surface area contributed by atoms with Crippen molar-refractivity contribution in [2.24, 2.45) is 0 Å². The molecule has 0 aliphatic heterocycles. The summed E-state index contributed by atoms with van der Waals surface area (Å²) in [5.41, 5.74) is 1.84. The Morgan fingerprint density at radius 2 is 1.62 bits per heavy atom. The molecule has 2 rings (SSSR count). The Balaban J connectivity index is 2.13. The molecule has 0 unspecified atom stereocenters. The molecule has 6 heteroatoms. The molecule has 0 fully saturated rings. The first-order chi connectivity index (χ1) is 10.1. The lowest BCUT2D eigenvalue weighted by molar-refractivity contribution is 0.102. The topological polar surface area (TPSA) is 70.2 Å². The summed E-state index contributed by atoms with van der Waals surface area (Å²) in [6, 6.07) is 14.0. The van der Waals surface area contributed by atoms with E-state index >= 15 is 0 Å². The zero-order valence-electron chi connectivity index (χ0n) is 11.3. The molecule has 0 saturated carbocycles. The van der Waals surface area contributed by atoms with Gasteiger partial charge in [-0.2, -0.15) is 0 Å². The number of anilines is 2. The zero-order valence-corrected chi connectivity index (χ0v) is 13.5. The lowest BCUT2D eigenvalue weighted by atomic mass is 10.2. The standard InChI is InChI=1S/C15H14IN3O2/c1-17-15(21)19-11-6-4-5-10(9-11)18-14(20)12-7-2-3-8-13(12)16/h2-9H,1H3,(H,18,20)(H2,17,19,21). The van der Waals surface area contributed by atoms with Crippen LogP contribution in [0.5, 0.6) is 0 Å². The molecule has 0 aromatic heterocycles. The number of urea groups is 1. The van der Waals surface area contributed by atoms with E-state index in [9.17, 15) is 9.59 Å². The van der Waals surface area contributed by atoms with E-state index in [0.717, 1.165) is 3.57 Å². The third-order valence-electron chi connectivity index (χ3n) is 2.72. The highest BCUT2D eigenvalue weighted by Crippen LogP contribution is 2.18. The van der Waals surface area contributed by atoms with E-state index in [0.29, 0.717) is 16.9 Å². The number of nitrogens with one attached hydrogen (secondary N) is 3. The van der Waals surface area contributed by atoms with Crippen LogP contribution in [0, 0.1) is 3.57 Å². The first kappa shape index (κ1) is 15.3. The van der Waals surface area contributed by atoms with Gasteiger partial charge in [-0.1, -0.05) is 18.2 Å². The molecule has 21 heavy (non-hydrogen) atoms. The van der Waals surface area contributed by atoms with Gasteiger partial charge in [0.05, 0.1) is 5.56 Å². The van der Waals surface area contributed by atoms with Gasteiger partial charge in [-0.25, -0.2) is 4.79 Å². The van der Waals surface area contributed by atoms with E-state index in [1.165, 1.54) is 7.05 Å². The Labute approximate surface area is 136 Å². The Bertz CT molecular complexity index is 673. The van der Waals surface area contributed by atoms with Gasteiger partial charge in [0.1, 0.15) is 0 Å². The van der Waals surface area contributed by atoms with E-state index in [4.69, 9.17) is 0 Å². The molecule has 0 atom stereocenters. The third-order valence-corrected chi connectivity index (χ3v) is 3.66. The molecular formula is C15H14IN3O2. The second kappa shape index (κ2) is 7.07. The van der Waals surface area contributed by atoms with E-state index in [1.807, 2.05) is 18.2 Å². The van der Waals surface area contributed by atoms with E-state index in [2.05, 4.69) is 38.5 Å². The van der Waals surface area contributed by atoms with Crippen LogP contribution in [0.15, 0.2) is 48.5 Å². The van der Waals surface area contributed by atoms with Gasteiger partial charge < -0.3 is 16.0 Å². The summed E-state index contributed by atoms with van der Waals surface area (Å²) in [5.74, 6) is -0.183. The Kier molecular flexibility index (Phi) is 5.15. The van der Waals surface area contributed by atoms with Crippen LogP contribution in [0.1, 0.15) is 10.4 Å². The van der Waals surface area contributed by atoms with Crippen molar-refractivity contribution < 1.29 is 9.59 Å². The second-order valence-electron chi connectivity index (χ2n) is 4.22. The van der Waals surface area contributed by atoms with Crippen LogP contribution >= 0.6 is 22.6 Å². The van der Waals surface area contributed by atoms with Gasteiger partial charge in [0.2, 0.25) is 0 Å². The fourth-order valence-corrected chi connectivity index (χ4v) is 2.34. The van der Waals surface area contributed by atoms with Gasteiger partial charge >= 0.3 is 6.03 Å². The summed E-state index contributed by atoms with van der Waals surface area (Å²) in [7, 11) is 1.54. The van der Waals surface area contributed by atoms with Gasteiger partial charge in [-0.3, -0.25) is 4.79 Å². The summed E-state index contributed by atoms with van der Waals surface area (Å²) in [6.07, 6.45) is 0. The molecule has 0 heterocycles. The summed E-state index contributed by atoms with van der Waals surface area (Å²) in [5, 5.41) is 7.94. The van der Waals surface area contributed by atoms with Crippen LogP contribution in [-0.2, 0) is 0 Å². The summed E-state index contributed by atoms with van der Waals surface area (Å²) in [6.45, 7) is 0. The van der Waals surface area contributed by atoms with Crippen molar-refractivity contribution in [2.45, 2.75) is 0 Å². The van der Waals surface area contributed by atoms with Crippen LogP contribution in [0.25, 0.3) is 0 Å². The maximum atomic E-state index is 12.2. The number of hydrogen-bond acceptors (Lipinski definition) is 2. The first-order valence-corrected chi connectivity index (χ1v) is 7.32. The normalized spacial score (nSPS) is 9.81. The van der Waals surface area contributed by atoms with Crippen molar-refractivity contribution >= 4 is 45.9 Å². The largest absolute Gasteiger partial charge is 0.341 e. The fourth-order valence-electron chi connectivity index (χ4n) is 1.71. The van der Waals surface area contributed by atoms with Crippen molar-refractivity contribution in [3.63, 3.8) is 0 Å². The molecule has 2 aromatic carbocycles. The molecule has 0 aliphatic carbocycles. The molecule has 3 N–H and O–H groups in total. The molecule has 108 valence electrons. The molecule has 0 radical (unpaired) electrons. The number of amides is 3. The van der Waals surface area contributed by atoms with Gasteiger partial charge in [0, 0.05) is 22.0 Å². The monoisotopic (exact) mass is 395 g/mol. The van der Waals surface area contributed by atoms with Crippen molar-refractivity contribution in [1.29, 1.82) is 0 Å². The highest BCUT2D eigenvalue weighted by Gasteiger charge is 2.09. The smallest absolute Gasteiger partial charge is 0.318 e. The van der Waals surface area contributed by atoms with Crippen LogP contribution in [-0.4, -0.2) is 19.0 Å². The maximum Gasteiger partial charge on any atom is 0.318 e. The quantitative estimate of drug-likeness (QED) is 0.699. The fraction of sp³-hybridized carbons (Fsp3) is 0.0667. The number of rotatable bonds is 3.